The van der Waals surface area contributed by atoms with Crippen molar-refractivity contribution in [3.05, 3.63) is 64.7 Å². The molecule has 0 aromatic heterocycles. The van der Waals surface area contributed by atoms with Crippen molar-refractivity contribution in [3.63, 3.8) is 0 Å². The van der Waals surface area contributed by atoms with Gasteiger partial charge in [0.25, 0.3) is 5.92 Å². The summed E-state index contributed by atoms with van der Waals surface area (Å²) in [5.74, 6) is -2.38. The SMILES string of the molecule is CC(O)c1ccc2c(c1)C[C@H](C)N(CC(F)(F)CO)C2c1ccc(OCCN2CC(CF)C2)cc1. The van der Waals surface area contributed by atoms with Crippen LogP contribution in [0.5, 0.6) is 5.75 Å². The maximum atomic E-state index is 14.3. The number of aliphatic hydroxyl groups is 2. The number of alkyl halides is 3. The Balaban J connectivity index is 1.54. The van der Waals surface area contributed by atoms with Crippen LogP contribution in [0.3, 0.4) is 0 Å². The molecule has 2 aromatic carbocycles. The minimum Gasteiger partial charge on any atom is -0.492 e. The second-order valence-corrected chi connectivity index (χ2v) is 9.97. The van der Waals surface area contributed by atoms with E-state index in [9.17, 15) is 23.4 Å². The van der Waals surface area contributed by atoms with Crippen LogP contribution in [-0.2, 0) is 6.42 Å². The van der Waals surface area contributed by atoms with Crippen LogP contribution < -0.4 is 4.74 Å². The molecule has 35 heavy (non-hydrogen) atoms. The summed E-state index contributed by atoms with van der Waals surface area (Å²) in [7, 11) is 0. The summed E-state index contributed by atoms with van der Waals surface area (Å²) in [5.41, 5.74) is 3.62. The summed E-state index contributed by atoms with van der Waals surface area (Å²) in [6.45, 7) is 4.36. The Morgan fingerprint density at radius 1 is 1.14 bits per heavy atom. The third-order valence-electron chi connectivity index (χ3n) is 7.13. The Morgan fingerprint density at radius 2 is 1.86 bits per heavy atom. The molecule has 5 nitrogen and oxygen atoms in total. The number of halogens is 3. The Labute approximate surface area is 205 Å². The van der Waals surface area contributed by atoms with Crippen molar-refractivity contribution in [2.75, 3.05) is 46.1 Å². The van der Waals surface area contributed by atoms with Gasteiger partial charge in [-0.3, -0.25) is 14.2 Å². The van der Waals surface area contributed by atoms with Gasteiger partial charge in [0.2, 0.25) is 0 Å². The Bertz CT molecular complexity index is 980. The molecule has 2 aliphatic heterocycles. The summed E-state index contributed by atoms with van der Waals surface area (Å²) in [6.07, 6.45) is -0.0316. The molecule has 0 bridgehead atoms. The largest absolute Gasteiger partial charge is 0.492 e. The van der Waals surface area contributed by atoms with Crippen molar-refractivity contribution in [2.24, 2.45) is 5.92 Å². The molecular weight excluding hydrogens is 457 g/mol. The number of hydrogen-bond acceptors (Lipinski definition) is 5. The number of rotatable bonds is 10. The van der Waals surface area contributed by atoms with Gasteiger partial charge in [0.15, 0.2) is 0 Å². The maximum Gasteiger partial charge on any atom is 0.283 e. The Morgan fingerprint density at radius 3 is 2.49 bits per heavy atom. The quantitative estimate of drug-likeness (QED) is 0.526. The zero-order valence-corrected chi connectivity index (χ0v) is 20.3. The van der Waals surface area contributed by atoms with Crippen molar-refractivity contribution in [2.45, 2.75) is 44.4 Å². The summed E-state index contributed by atoms with van der Waals surface area (Å²) in [6, 6.07) is 12.6. The molecular formula is C27H35F3N2O3. The molecule has 2 N–H and O–H groups in total. The van der Waals surface area contributed by atoms with E-state index in [0.29, 0.717) is 18.8 Å². The van der Waals surface area contributed by atoms with Gasteiger partial charge in [0, 0.05) is 31.6 Å². The lowest BCUT2D eigenvalue weighted by atomic mass is 9.83. The van der Waals surface area contributed by atoms with Crippen LogP contribution >= 0.6 is 0 Å². The first-order chi connectivity index (χ1) is 16.7. The third-order valence-corrected chi connectivity index (χ3v) is 7.13. The predicted molar refractivity (Wildman–Crippen MR) is 129 cm³/mol. The molecule has 192 valence electrons. The number of benzene rings is 2. The average molecular weight is 493 g/mol. The van der Waals surface area contributed by atoms with Gasteiger partial charge in [-0.05, 0) is 54.7 Å². The molecule has 1 fully saturated rings. The molecule has 3 atom stereocenters. The third kappa shape index (κ3) is 6.00. The van der Waals surface area contributed by atoms with Crippen LogP contribution in [-0.4, -0.2) is 78.0 Å². The maximum absolute atomic E-state index is 14.3. The second kappa shape index (κ2) is 10.9. The second-order valence-electron chi connectivity index (χ2n) is 9.97. The Kier molecular flexibility index (Phi) is 8.06. The number of hydrogen-bond donors (Lipinski definition) is 2. The van der Waals surface area contributed by atoms with Crippen molar-refractivity contribution in [1.29, 1.82) is 0 Å². The number of fused-ring (bicyclic) bond motifs is 1. The van der Waals surface area contributed by atoms with E-state index in [1.165, 1.54) is 0 Å². The van der Waals surface area contributed by atoms with Gasteiger partial charge in [-0.15, -0.1) is 0 Å². The zero-order chi connectivity index (χ0) is 25.2. The highest BCUT2D eigenvalue weighted by molar-refractivity contribution is 5.44. The van der Waals surface area contributed by atoms with E-state index in [-0.39, 0.29) is 18.6 Å². The molecule has 2 heterocycles. The molecule has 2 aromatic rings. The summed E-state index contributed by atoms with van der Waals surface area (Å²) >= 11 is 0. The van der Waals surface area contributed by atoms with E-state index < -0.39 is 31.2 Å². The lowest BCUT2D eigenvalue weighted by molar-refractivity contribution is -0.0862. The molecule has 2 unspecified atom stereocenters. The van der Waals surface area contributed by atoms with Gasteiger partial charge in [-0.2, -0.15) is 0 Å². The smallest absolute Gasteiger partial charge is 0.283 e. The first-order valence-electron chi connectivity index (χ1n) is 12.3. The number of likely N-dealkylation sites (tertiary alicyclic amines) is 1. The topological polar surface area (TPSA) is 56.2 Å². The first-order valence-corrected chi connectivity index (χ1v) is 12.3. The molecule has 2 aliphatic rings. The molecule has 1 saturated heterocycles. The van der Waals surface area contributed by atoms with Crippen LogP contribution in [0.25, 0.3) is 0 Å². The lowest BCUT2D eigenvalue weighted by Gasteiger charge is -2.43. The van der Waals surface area contributed by atoms with Crippen LogP contribution in [0.4, 0.5) is 13.2 Å². The fourth-order valence-electron chi connectivity index (χ4n) is 5.13. The van der Waals surface area contributed by atoms with Crippen molar-refractivity contribution >= 4 is 0 Å². The van der Waals surface area contributed by atoms with Crippen LogP contribution in [0.2, 0.25) is 0 Å². The highest BCUT2D eigenvalue weighted by atomic mass is 19.3. The lowest BCUT2D eigenvalue weighted by Crippen LogP contribution is -2.49. The van der Waals surface area contributed by atoms with Crippen molar-refractivity contribution in [3.8, 4) is 5.75 Å². The average Bonchev–Trinajstić information content (AvgIpc) is 2.81. The van der Waals surface area contributed by atoms with Crippen LogP contribution in [0, 0.1) is 5.92 Å². The number of ether oxygens (including phenoxy) is 1. The normalized spacial score (nSPS) is 22.5. The standard InChI is InChI=1S/C27H35F3N2O3/c1-18-11-23-12-22(19(2)34)5-8-25(23)26(32(18)16-27(29,30)17-33)21-3-6-24(7-4-21)35-10-9-31-14-20(13-28)15-31/h3-8,12,18-20,26,33-34H,9-11,13-17H2,1-2H3/t18-,19?,26?/m0/s1. The van der Waals surface area contributed by atoms with Gasteiger partial charge in [-0.25, -0.2) is 8.78 Å². The van der Waals surface area contributed by atoms with E-state index in [2.05, 4.69) is 4.90 Å². The molecule has 0 spiro atoms. The van der Waals surface area contributed by atoms with Gasteiger partial charge in [0.05, 0.1) is 25.4 Å². The van der Waals surface area contributed by atoms with Crippen LogP contribution in [0.1, 0.15) is 48.2 Å². The molecule has 0 aliphatic carbocycles. The van der Waals surface area contributed by atoms with E-state index in [0.717, 1.165) is 41.9 Å². The van der Waals surface area contributed by atoms with Gasteiger partial charge >= 0.3 is 0 Å². The molecule has 0 saturated carbocycles. The molecule has 0 amide bonds. The Hall–Kier alpha value is -2.13. The van der Waals surface area contributed by atoms with E-state index >= 15 is 0 Å². The minimum absolute atomic E-state index is 0.146. The van der Waals surface area contributed by atoms with Crippen LogP contribution in [0.15, 0.2) is 42.5 Å². The number of nitrogens with zero attached hydrogens (tertiary/aromatic N) is 2. The van der Waals surface area contributed by atoms with Gasteiger partial charge in [0.1, 0.15) is 19.0 Å². The molecule has 4 rings (SSSR count). The van der Waals surface area contributed by atoms with E-state index in [4.69, 9.17) is 4.74 Å². The number of aliphatic hydroxyl groups excluding tert-OH is 2. The highest BCUT2D eigenvalue weighted by Gasteiger charge is 2.40. The molecule has 8 heteroatoms. The fourth-order valence-corrected chi connectivity index (χ4v) is 5.13. The van der Waals surface area contributed by atoms with Crippen molar-refractivity contribution < 1.29 is 28.1 Å². The first kappa shape index (κ1) is 25.9. The van der Waals surface area contributed by atoms with Gasteiger partial charge in [-0.1, -0.05) is 30.3 Å². The predicted octanol–water partition coefficient (Wildman–Crippen LogP) is 3.98. The molecule has 0 radical (unpaired) electrons. The highest BCUT2D eigenvalue weighted by Crippen LogP contribution is 2.40. The monoisotopic (exact) mass is 492 g/mol. The minimum atomic E-state index is -3.22. The van der Waals surface area contributed by atoms with Gasteiger partial charge < -0.3 is 14.9 Å². The van der Waals surface area contributed by atoms with E-state index in [1.54, 1.807) is 11.8 Å². The fraction of sp³-hybridized carbons (Fsp3) is 0.556. The summed E-state index contributed by atoms with van der Waals surface area (Å²) in [4.78, 5) is 3.90. The summed E-state index contributed by atoms with van der Waals surface area (Å²) < 4.78 is 47.1. The van der Waals surface area contributed by atoms with E-state index in [1.807, 2.05) is 49.4 Å². The zero-order valence-electron chi connectivity index (χ0n) is 20.3. The van der Waals surface area contributed by atoms with Crippen molar-refractivity contribution in [1.82, 2.24) is 9.80 Å². The summed E-state index contributed by atoms with van der Waals surface area (Å²) in [5, 5.41) is 19.2.